The van der Waals surface area contributed by atoms with Crippen molar-refractivity contribution in [3.8, 4) is 11.1 Å². The predicted octanol–water partition coefficient (Wildman–Crippen LogP) is 3.55. The van der Waals surface area contributed by atoms with Crippen LogP contribution in [-0.2, 0) is 0 Å². The molecular formula is C10H7FS. The zero-order valence-electron chi connectivity index (χ0n) is 6.33. The van der Waals surface area contributed by atoms with Crippen molar-refractivity contribution in [1.29, 1.82) is 0 Å². The highest BCUT2D eigenvalue weighted by Gasteiger charge is 2.03. The minimum absolute atomic E-state index is 0.133. The highest BCUT2D eigenvalue weighted by molar-refractivity contribution is 7.08. The molecule has 0 amide bonds. The minimum Gasteiger partial charge on any atom is -0.205 e. The molecule has 1 aromatic heterocycles. The molecule has 0 nitrogen and oxygen atoms in total. The SMILES string of the molecule is Fc1cscc1-c1ccccc1. The molecule has 0 bridgehead atoms. The summed E-state index contributed by atoms with van der Waals surface area (Å²) in [5, 5.41) is 3.34. The van der Waals surface area contributed by atoms with Gasteiger partial charge in [-0.25, -0.2) is 4.39 Å². The van der Waals surface area contributed by atoms with Gasteiger partial charge in [-0.2, -0.15) is 0 Å². The van der Waals surface area contributed by atoms with Crippen molar-refractivity contribution in [2.45, 2.75) is 0 Å². The van der Waals surface area contributed by atoms with Crippen LogP contribution in [-0.4, -0.2) is 0 Å². The molecule has 2 rings (SSSR count). The van der Waals surface area contributed by atoms with E-state index in [1.54, 1.807) is 0 Å². The van der Waals surface area contributed by atoms with Crippen LogP contribution in [0.25, 0.3) is 11.1 Å². The van der Waals surface area contributed by atoms with E-state index >= 15 is 0 Å². The van der Waals surface area contributed by atoms with Gasteiger partial charge in [0.15, 0.2) is 0 Å². The van der Waals surface area contributed by atoms with Crippen molar-refractivity contribution >= 4 is 11.3 Å². The molecular weight excluding hydrogens is 171 g/mol. The Bertz CT molecular complexity index is 364. The first kappa shape index (κ1) is 7.50. The third-order valence-corrected chi connectivity index (χ3v) is 2.41. The zero-order valence-corrected chi connectivity index (χ0v) is 7.14. The third-order valence-electron chi connectivity index (χ3n) is 1.70. The van der Waals surface area contributed by atoms with Crippen LogP contribution < -0.4 is 0 Å². The Hall–Kier alpha value is -1.15. The van der Waals surface area contributed by atoms with Crippen molar-refractivity contribution in [1.82, 2.24) is 0 Å². The highest BCUT2D eigenvalue weighted by Crippen LogP contribution is 2.25. The standard InChI is InChI=1S/C10H7FS/c11-10-7-12-6-9(10)8-4-2-1-3-5-8/h1-7H. The van der Waals surface area contributed by atoms with Gasteiger partial charge in [0.05, 0.1) is 0 Å². The van der Waals surface area contributed by atoms with Gasteiger partial charge in [0.1, 0.15) is 5.82 Å². The molecule has 0 aliphatic heterocycles. The van der Waals surface area contributed by atoms with Crippen molar-refractivity contribution < 1.29 is 4.39 Å². The maximum Gasteiger partial charge on any atom is 0.141 e. The van der Waals surface area contributed by atoms with Crippen molar-refractivity contribution in [2.75, 3.05) is 0 Å². The molecule has 0 atom stereocenters. The summed E-state index contributed by atoms with van der Waals surface area (Å²) in [5.74, 6) is -0.133. The van der Waals surface area contributed by atoms with E-state index in [1.807, 2.05) is 35.7 Å². The molecule has 0 unspecified atom stereocenters. The predicted molar refractivity (Wildman–Crippen MR) is 49.7 cm³/mol. The van der Waals surface area contributed by atoms with E-state index in [9.17, 15) is 4.39 Å². The van der Waals surface area contributed by atoms with Crippen molar-refractivity contribution in [2.24, 2.45) is 0 Å². The second kappa shape index (κ2) is 3.07. The van der Waals surface area contributed by atoms with Crippen molar-refractivity contribution in [3.63, 3.8) is 0 Å². The van der Waals surface area contributed by atoms with Crippen LogP contribution in [0.2, 0.25) is 0 Å². The van der Waals surface area contributed by atoms with Crippen LogP contribution in [0.3, 0.4) is 0 Å². The first-order chi connectivity index (χ1) is 5.88. The van der Waals surface area contributed by atoms with Crippen LogP contribution in [0.15, 0.2) is 41.1 Å². The second-order valence-corrected chi connectivity index (χ2v) is 3.24. The summed E-state index contributed by atoms with van der Waals surface area (Å²) in [4.78, 5) is 0. The number of rotatable bonds is 1. The second-order valence-electron chi connectivity index (χ2n) is 2.50. The van der Waals surface area contributed by atoms with Gasteiger partial charge >= 0.3 is 0 Å². The summed E-state index contributed by atoms with van der Waals surface area (Å²) in [6.45, 7) is 0. The average Bonchev–Trinajstić information content (AvgIpc) is 2.53. The van der Waals surface area contributed by atoms with Crippen LogP contribution in [0.4, 0.5) is 4.39 Å². The number of halogens is 1. The first-order valence-electron chi connectivity index (χ1n) is 3.65. The molecule has 2 aromatic rings. The summed E-state index contributed by atoms with van der Waals surface area (Å²) in [6.07, 6.45) is 0. The van der Waals surface area contributed by atoms with E-state index in [0.717, 1.165) is 5.56 Å². The molecule has 0 spiro atoms. The molecule has 2 heteroatoms. The number of benzene rings is 1. The molecule has 1 heterocycles. The molecule has 0 saturated heterocycles. The van der Waals surface area contributed by atoms with E-state index < -0.39 is 0 Å². The third kappa shape index (κ3) is 1.25. The van der Waals surface area contributed by atoms with E-state index in [-0.39, 0.29) is 5.82 Å². The Labute approximate surface area is 74.3 Å². The summed E-state index contributed by atoms with van der Waals surface area (Å²) >= 11 is 1.39. The lowest BCUT2D eigenvalue weighted by Gasteiger charge is -1.95. The summed E-state index contributed by atoms with van der Waals surface area (Å²) in [6, 6.07) is 9.56. The van der Waals surface area contributed by atoms with Crippen LogP contribution >= 0.6 is 11.3 Å². The lowest BCUT2D eigenvalue weighted by Crippen LogP contribution is -1.75. The molecule has 0 radical (unpaired) electrons. The Morgan fingerprint density at radius 1 is 1.00 bits per heavy atom. The molecule has 0 aliphatic carbocycles. The fraction of sp³-hybridized carbons (Fsp3) is 0. The van der Waals surface area contributed by atoms with Gasteiger partial charge < -0.3 is 0 Å². The fourth-order valence-corrected chi connectivity index (χ4v) is 1.80. The molecule has 60 valence electrons. The quantitative estimate of drug-likeness (QED) is 0.626. The monoisotopic (exact) mass is 178 g/mol. The average molecular weight is 178 g/mol. The topological polar surface area (TPSA) is 0 Å². The lowest BCUT2D eigenvalue weighted by atomic mass is 10.1. The molecule has 0 aliphatic rings. The maximum absolute atomic E-state index is 13.0. The largest absolute Gasteiger partial charge is 0.205 e. The molecule has 0 fully saturated rings. The summed E-state index contributed by atoms with van der Waals surface area (Å²) in [5.41, 5.74) is 1.64. The van der Waals surface area contributed by atoms with Crippen molar-refractivity contribution in [3.05, 3.63) is 46.9 Å². The van der Waals surface area contributed by atoms with Crippen LogP contribution in [0.1, 0.15) is 0 Å². The van der Waals surface area contributed by atoms with E-state index in [0.29, 0.717) is 5.56 Å². The lowest BCUT2D eigenvalue weighted by molar-refractivity contribution is 0.636. The molecule has 12 heavy (non-hydrogen) atoms. The fourth-order valence-electron chi connectivity index (χ4n) is 1.11. The number of thiophene rings is 1. The van der Waals surface area contributed by atoms with Gasteiger partial charge in [0, 0.05) is 16.3 Å². The minimum atomic E-state index is -0.133. The smallest absolute Gasteiger partial charge is 0.141 e. The Morgan fingerprint density at radius 3 is 2.33 bits per heavy atom. The van der Waals surface area contributed by atoms with Crippen LogP contribution in [0.5, 0.6) is 0 Å². The first-order valence-corrected chi connectivity index (χ1v) is 4.59. The van der Waals surface area contributed by atoms with Gasteiger partial charge in [0.2, 0.25) is 0 Å². The Kier molecular flexibility index (Phi) is 1.92. The molecule has 1 aromatic carbocycles. The highest BCUT2D eigenvalue weighted by atomic mass is 32.1. The normalized spacial score (nSPS) is 10.1. The summed E-state index contributed by atoms with van der Waals surface area (Å²) < 4.78 is 13.0. The molecule has 0 N–H and O–H groups in total. The number of hydrogen-bond acceptors (Lipinski definition) is 1. The Balaban J connectivity index is 2.51. The molecule has 0 saturated carbocycles. The van der Waals surface area contributed by atoms with Crippen LogP contribution in [0, 0.1) is 5.82 Å². The van der Waals surface area contributed by atoms with Gasteiger partial charge in [-0.15, -0.1) is 11.3 Å². The van der Waals surface area contributed by atoms with Gasteiger partial charge in [-0.3, -0.25) is 0 Å². The van der Waals surface area contributed by atoms with Gasteiger partial charge in [-0.1, -0.05) is 30.3 Å². The van der Waals surface area contributed by atoms with Gasteiger partial charge in [-0.05, 0) is 5.56 Å². The van der Waals surface area contributed by atoms with Gasteiger partial charge in [0.25, 0.3) is 0 Å². The summed E-state index contributed by atoms with van der Waals surface area (Å²) in [7, 11) is 0. The van der Waals surface area contributed by atoms with E-state index in [1.165, 1.54) is 16.7 Å². The Morgan fingerprint density at radius 2 is 1.75 bits per heavy atom. The van der Waals surface area contributed by atoms with E-state index in [2.05, 4.69) is 0 Å². The number of hydrogen-bond donors (Lipinski definition) is 0. The zero-order chi connectivity index (χ0) is 8.39. The maximum atomic E-state index is 13.0. The van der Waals surface area contributed by atoms with E-state index in [4.69, 9.17) is 0 Å².